The summed E-state index contributed by atoms with van der Waals surface area (Å²) in [6.07, 6.45) is 0.759. The van der Waals surface area contributed by atoms with Gasteiger partial charge < -0.3 is 25.0 Å². The second kappa shape index (κ2) is 7.87. The molecule has 4 rings (SSSR count). The molecule has 29 heavy (non-hydrogen) atoms. The topological polar surface area (TPSA) is 79.9 Å². The molecular weight excluding hydrogens is 370 g/mol. The number of carbonyl (C=O) groups excluding carboxylic acids is 2. The first-order valence-corrected chi connectivity index (χ1v) is 9.46. The van der Waals surface area contributed by atoms with Crippen LogP contribution in [0, 0.1) is 0 Å². The lowest BCUT2D eigenvalue weighted by Gasteiger charge is -2.26. The minimum Gasteiger partial charge on any atom is -0.493 e. The fourth-order valence-electron chi connectivity index (χ4n) is 3.80. The predicted molar refractivity (Wildman–Crippen MR) is 108 cm³/mol. The number of amides is 3. The molecule has 0 fully saturated rings. The molecule has 2 aromatic rings. The van der Waals surface area contributed by atoms with Gasteiger partial charge in [0.15, 0.2) is 11.5 Å². The zero-order valence-corrected chi connectivity index (χ0v) is 16.4. The maximum Gasteiger partial charge on any atom is 0.319 e. The number of hydrogen-bond donors (Lipinski definition) is 2. The summed E-state index contributed by atoms with van der Waals surface area (Å²) in [4.78, 5) is 27.1. The molecular formula is C22H23N3O4. The summed E-state index contributed by atoms with van der Waals surface area (Å²) < 4.78 is 10.7. The Morgan fingerprint density at radius 3 is 2.52 bits per heavy atom. The van der Waals surface area contributed by atoms with Crippen molar-refractivity contribution in [2.75, 3.05) is 27.3 Å². The molecule has 2 aromatic carbocycles. The van der Waals surface area contributed by atoms with E-state index in [-0.39, 0.29) is 11.9 Å². The molecule has 2 heterocycles. The average molecular weight is 393 g/mol. The van der Waals surface area contributed by atoms with Crippen LogP contribution in [-0.4, -0.2) is 44.1 Å². The number of rotatable bonds is 6. The summed E-state index contributed by atoms with van der Waals surface area (Å²) in [5.74, 6) is 1.07. The molecule has 7 nitrogen and oxygen atoms in total. The Morgan fingerprint density at radius 1 is 1.03 bits per heavy atom. The molecule has 0 aromatic heterocycles. The van der Waals surface area contributed by atoms with Crippen LogP contribution in [0.2, 0.25) is 0 Å². The molecule has 2 N–H and O–H groups in total. The van der Waals surface area contributed by atoms with E-state index in [0.29, 0.717) is 35.9 Å². The number of methoxy groups -OCH3 is 2. The Balaban J connectivity index is 1.58. The normalized spacial score (nSPS) is 18.3. The van der Waals surface area contributed by atoms with E-state index in [1.54, 1.807) is 31.3 Å². The SMILES string of the molecule is COc1ccc(C2NC(=O)NC3=C2C(=O)N(CCc2ccccc2)C3)cc1OC. The van der Waals surface area contributed by atoms with Crippen molar-refractivity contribution in [2.24, 2.45) is 0 Å². The van der Waals surface area contributed by atoms with Gasteiger partial charge in [-0.05, 0) is 29.7 Å². The van der Waals surface area contributed by atoms with Crippen molar-refractivity contribution in [3.8, 4) is 11.5 Å². The first-order valence-electron chi connectivity index (χ1n) is 9.46. The third kappa shape index (κ3) is 3.63. The van der Waals surface area contributed by atoms with Crippen molar-refractivity contribution < 1.29 is 19.1 Å². The van der Waals surface area contributed by atoms with Crippen molar-refractivity contribution in [3.63, 3.8) is 0 Å². The van der Waals surface area contributed by atoms with Crippen LogP contribution in [0.1, 0.15) is 17.2 Å². The molecule has 0 spiro atoms. The first-order chi connectivity index (χ1) is 14.1. The predicted octanol–water partition coefficient (Wildman–Crippen LogP) is 2.40. The van der Waals surface area contributed by atoms with E-state index in [1.807, 2.05) is 36.4 Å². The zero-order chi connectivity index (χ0) is 20.4. The molecule has 7 heteroatoms. The lowest BCUT2D eigenvalue weighted by Crippen LogP contribution is -2.44. The minimum atomic E-state index is -0.534. The number of benzene rings is 2. The van der Waals surface area contributed by atoms with Crippen molar-refractivity contribution >= 4 is 11.9 Å². The van der Waals surface area contributed by atoms with Crippen LogP contribution in [-0.2, 0) is 11.2 Å². The van der Waals surface area contributed by atoms with Crippen molar-refractivity contribution in [3.05, 3.63) is 70.9 Å². The van der Waals surface area contributed by atoms with Gasteiger partial charge in [-0.25, -0.2) is 4.79 Å². The summed E-state index contributed by atoms with van der Waals surface area (Å²) in [6.45, 7) is 0.989. The average Bonchev–Trinajstić information content (AvgIpc) is 3.07. The van der Waals surface area contributed by atoms with Crippen molar-refractivity contribution in [1.82, 2.24) is 15.5 Å². The van der Waals surface area contributed by atoms with Crippen LogP contribution < -0.4 is 20.1 Å². The van der Waals surface area contributed by atoms with Crippen LogP contribution >= 0.6 is 0 Å². The number of hydrogen-bond acceptors (Lipinski definition) is 4. The monoisotopic (exact) mass is 393 g/mol. The largest absolute Gasteiger partial charge is 0.493 e. The van der Waals surface area contributed by atoms with Gasteiger partial charge in [-0.1, -0.05) is 36.4 Å². The molecule has 0 aliphatic carbocycles. The number of nitrogens with zero attached hydrogens (tertiary/aromatic N) is 1. The number of urea groups is 1. The highest BCUT2D eigenvalue weighted by atomic mass is 16.5. The van der Waals surface area contributed by atoms with Gasteiger partial charge in [-0.2, -0.15) is 0 Å². The molecule has 1 atom stereocenters. The van der Waals surface area contributed by atoms with Crippen LogP contribution in [0.25, 0.3) is 0 Å². The second-order valence-electron chi connectivity index (χ2n) is 7.00. The summed E-state index contributed by atoms with van der Waals surface area (Å²) in [5, 5.41) is 5.66. The van der Waals surface area contributed by atoms with Crippen molar-refractivity contribution in [2.45, 2.75) is 12.5 Å². The van der Waals surface area contributed by atoms with Crippen LogP contribution in [0.3, 0.4) is 0 Å². The van der Waals surface area contributed by atoms with Crippen LogP contribution in [0.5, 0.6) is 11.5 Å². The van der Waals surface area contributed by atoms with E-state index < -0.39 is 6.04 Å². The van der Waals surface area contributed by atoms with Gasteiger partial charge in [-0.15, -0.1) is 0 Å². The highest BCUT2D eigenvalue weighted by Crippen LogP contribution is 2.36. The second-order valence-corrected chi connectivity index (χ2v) is 7.00. The summed E-state index contributed by atoms with van der Waals surface area (Å²) in [6, 6.07) is 14.6. The minimum absolute atomic E-state index is 0.0665. The molecule has 0 bridgehead atoms. The zero-order valence-electron chi connectivity index (χ0n) is 16.4. The van der Waals surface area contributed by atoms with E-state index in [1.165, 1.54) is 5.56 Å². The Hall–Kier alpha value is -3.48. The Kier molecular flexibility index (Phi) is 5.12. The van der Waals surface area contributed by atoms with E-state index in [9.17, 15) is 9.59 Å². The van der Waals surface area contributed by atoms with Gasteiger partial charge in [-0.3, -0.25) is 4.79 Å². The fraction of sp³-hybridized carbons (Fsp3) is 0.273. The lowest BCUT2D eigenvalue weighted by atomic mass is 9.96. The Bertz CT molecular complexity index is 971. The van der Waals surface area contributed by atoms with Gasteiger partial charge in [0.1, 0.15) is 0 Å². The summed E-state index contributed by atoms with van der Waals surface area (Å²) in [5.41, 5.74) is 3.17. The highest BCUT2D eigenvalue weighted by molar-refractivity contribution is 6.01. The third-order valence-electron chi connectivity index (χ3n) is 5.27. The van der Waals surface area contributed by atoms with Gasteiger partial charge in [0.05, 0.1) is 38.1 Å². The maximum atomic E-state index is 13.1. The van der Waals surface area contributed by atoms with Crippen molar-refractivity contribution in [1.29, 1.82) is 0 Å². The summed E-state index contributed by atoms with van der Waals surface area (Å²) >= 11 is 0. The number of carbonyl (C=O) groups is 2. The van der Waals surface area contributed by atoms with E-state index >= 15 is 0 Å². The standard InChI is InChI=1S/C22H23N3O4/c1-28-17-9-8-15(12-18(17)29-2)20-19-16(23-22(27)24-20)13-25(21(19)26)11-10-14-6-4-3-5-7-14/h3-9,12,20H,10-11,13H2,1-2H3,(H2,23,24,27). The van der Waals surface area contributed by atoms with Gasteiger partial charge in [0.25, 0.3) is 5.91 Å². The van der Waals surface area contributed by atoms with Gasteiger partial charge >= 0.3 is 6.03 Å². The molecule has 150 valence electrons. The fourth-order valence-corrected chi connectivity index (χ4v) is 3.80. The van der Waals surface area contributed by atoms with E-state index in [2.05, 4.69) is 10.6 Å². The van der Waals surface area contributed by atoms with Gasteiger partial charge in [0.2, 0.25) is 0 Å². The van der Waals surface area contributed by atoms with Crippen LogP contribution in [0.15, 0.2) is 59.8 Å². The molecule has 2 aliphatic heterocycles. The molecule has 2 aliphatic rings. The Labute approximate surface area is 169 Å². The smallest absolute Gasteiger partial charge is 0.319 e. The quantitative estimate of drug-likeness (QED) is 0.790. The molecule has 0 radical (unpaired) electrons. The van der Waals surface area contributed by atoms with E-state index in [0.717, 1.165) is 12.0 Å². The summed E-state index contributed by atoms with van der Waals surface area (Å²) in [7, 11) is 3.12. The molecule has 0 saturated carbocycles. The third-order valence-corrected chi connectivity index (χ3v) is 5.27. The molecule has 3 amide bonds. The Morgan fingerprint density at radius 2 is 1.79 bits per heavy atom. The first kappa shape index (κ1) is 18.9. The molecule has 1 unspecified atom stereocenters. The van der Waals surface area contributed by atoms with Gasteiger partial charge in [0, 0.05) is 6.54 Å². The van der Waals surface area contributed by atoms with E-state index in [4.69, 9.17) is 9.47 Å². The van der Waals surface area contributed by atoms with Crippen LogP contribution in [0.4, 0.5) is 4.79 Å². The lowest BCUT2D eigenvalue weighted by molar-refractivity contribution is -0.125. The highest BCUT2D eigenvalue weighted by Gasteiger charge is 2.40. The maximum absolute atomic E-state index is 13.1. The number of nitrogens with one attached hydrogen (secondary N) is 2. The molecule has 0 saturated heterocycles. The number of ether oxygens (including phenoxy) is 2.